The molecule has 2 aromatic rings. The minimum Gasteiger partial charge on any atom is -0.326 e. The van der Waals surface area contributed by atoms with Crippen molar-refractivity contribution in [3.05, 3.63) is 59.2 Å². The minimum atomic E-state index is -0.459. The molecule has 0 radical (unpaired) electrons. The van der Waals surface area contributed by atoms with Gasteiger partial charge in [0.15, 0.2) is 0 Å². The van der Waals surface area contributed by atoms with Crippen LogP contribution in [-0.4, -0.2) is 23.9 Å². The Balaban J connectivity index is 2.16. The molecule has 0 saturated heterocycles. The van der Waals surface area contributed by atoms with Crippen LogP contribution in [0.2, 0.25) is 0 Å². The Kier molecular flexibility index (Phi) is 6.21. The van der Waals surface area contributed by atoms with E-state index in [0.717, 1.165) is 5.56 Å². The summed E-state index contributed by atoms with van der Waals surface area (Å²) in [4.78, 5) is 34.8. The lowest BCUT2D eigenvalue weighted by Gasteiger charge is -2.09. The Bertz CT molecular complexity index is 875. The fourth-order valence-electron chi connectivity index (χ4n) is 2.29. The van der Waals surface area contributed by atoms with Gasteiger partial charge in [0, 0.05) is 25.1 Å². The number of amides is 3. The fraction of sp³-hybridized carbons (Fsp3) is 0.158. The molecular weight excluding hydrogens is 332 g/mol. The number of nitrogens with zero attached hydrogens (tertiary/aromatic N) is 1. The smallest absolute Gasteiger partial charge is 0.273 e. The first-order valence-electron chi connectivity index (χ1n) is 7.95. The normalized spacial score (nSPS) is 10.4. The van der Waals surface area contributed by atoms with Crippen LogP contribution in [0.25, 0.3) is 0 Å². The lowest BCUT2D eigenvalue weighted by molar-refractivity contribution is -0.115. The Labute approximate surface area is 151 Å². The number of nitrogens with one attached hydrogen (secondary N) is 3. The molecule has 0 unspecified atom stereocenters. The molecule has 2 aromatic carbocycles. The van der Waals surface area contributed by atoms with Crippen LogP contribution in [0.1, 0.15) is 35.3 Å². The standard InChI is InChI=1S/C19H20N4O3/c1-12-8-9-17(21-13(2)24)15(10-12)11-20-23-19(26)16-6-4-5-7-18(16)22-14(3)25/h4-11H,1-3H3,(H,21,24)(H,22,25)(H,23,26)/b20-11+. The molecule has 134 valence electrons. The molecule has 0 aliphatic carbocycles. The van der Waals surface area contributed by atoms with Crippen LogP contribution in [0.5, 0.6) is 0 Å². The van der Waals surface area contributed by atoms with Gasteiger partial charge in [-0.15, -0.1) is 0 Å². The molecule has 2 rings (SSSR count). The highest BCUT2D eigenvalue weighted by atomic mass is 16.2. The molecule has 0 saturated carbocycles. The van der Waals surface area contributed by atoms with Gasteiger partial charge in [0.05, 0.1) is 17.5 Å². The van der Waals surface area contributed by atoms with Gasteiger partial charge in [-0.2, -0.15) is 5.10 Å². The molecule has 0 aromatic heterocycles. The van der Waals surface area contributed by atoms with E-state index in [1.165, 1.54) is 20.1 Å². The van der Waals surface area contributed by atoms with E-state index in [1.807, 2.05) is 19.1 Å². The van der Waals surface area contributed by atoms with Crippen molar-refractivity contribution < 1.29 is 14.4 Å². The summed E-state index contributed by atoms with van der Waals surface area (Å²) in [6.45, 7) is 4.70. The minimum absolute atomic E-state index is 0.197. The Morgan fingerprint density at radius 2 is 1.58 bits per heavy atom. The number of carbonyl (C=O) groups is 3. The molecule has 0 aliphatic heterocycles. The molecule has 0 spiro atoms. The predicted octanol–water partition coefficient (Wildman–Crippen LogP) is 2.68. The molecule has 0 heterocycles. The first-order chi connectivity index (χ1) is 12.4. The van der Waals surface area contributed by atoms with E-state index >= 15 is 0 Å². The average Bonchev–Trinajstić information content (AvgIpc) is 2.56. The van der Waals surface area contributed by atoms with Crippen LogP contribution in [0, 0.1) is 6.92 Å². The first kappa shape index (κ1) is 18.9. The molecule has 0 fully saturated rings. The van der Waals surface area contributed by atoms with Crippen molar-refractivity contribution in [2.75, 3.05) is 10.6 Å². The number of para-hydroxylation sites is 1. The number of rotatable bonds is 5. The van der Waals surface area contributed by atoms with Crippen molar-refractivity contribution in [2.24, 2.45) is 5.10 Å². The Morgan fingerprint density at radius 1 is 0.923 bits per heavy atom. The second-order valence-corrected chi connectivity index (χ2v) is 5.70. The number of anilines is 2. The monoisotopic (exact) mass is 352 g/mol. The van der Waals surface area contributed by atoms with E-state index in [-0.39, 0.29) is 11.8 Å². The van der Waals surface area contributed by atoms with Gasteiger partial charge in [-0.05, 0) is 31.2 Å². The van der Waals surface area contributed by atoms with Crippen LogP contribution < -0.4 is 16.1 Å². The maximum atomic E-state index is 12.3. The van der Waals surface area contributed by atoms with Gasteiger partial charge < -0.3 is 10.6 Å². The number of hydrazone groups is 1. The molecule has 3 N–H and O–H groups in total. The third-order valence-electron chi connectivity index (χ3n) is 3.37. The zero-order valence-corrected chi connectivity index (χ0v) is 14.8. The zero-order valence-electron chi connectivity index (χ0n) is 14.8. The summed E-state index contributed by atoms with van der Waals surface area (Å²) in [5, 5.41) is 9.27. The van der Waals surface area contributed by atoms with E-state index in [4.69, 9.17) is 0 Å². The lowest BCUT2D eigenvalue weighted by Crippen LogP contribution is -2.20. The van der Waals surface area contributed by atoms with E-state index in [0.29, 0.717) is 22.5 Å². The van der Waals surface area contributed by atoms with E-state index < -0.39 is 5.91 Å². The molecule has 7 nitrogen and oxygen atoms in total. The summed E-state index contributed by atoms with van der Waals surface area (Å²) < 4.78 is 0. The maximum Gasteiger partial charge on any atom is 0.273 e. The third-order valence-corrected chi connectivity index (χ3v) is 3.37. The number of benzene rings is 2. The van der Waals surface area contributed by atoms with Gasteiger partial charge in [0.2, 0.25) is 11.8 Å². The highest BCUT2D eigenvalue weighted by molar-refractivity contribution is 6.04. The summed E-state index contributed by atoms with van der Waals surface area (Å²) >= 11 is 0. The summed E-state index contributed by atoms with van der Waals surface area (Å²) in [5.74, 6) is -0.926. The number of carbonyl (C=O) groups excluding carboxylic acids is 3. The van der Waals surface area contributed by atoms with Crippen LogP contribution in [0.4, 0.5) is 11.4 Å². The van der Waals surface area contributed by atoms with Gasteiger partial charge >= 0.3 is 0 Å². The van der Waals surface area contributed by atoms with Gasteiger partial charge in [0.1, 0.15) is 0 Å². The van der Waals surface area contributed by atoms with E-state index in [2.05, 4.69) is 21.2 Å². The quantitative estimate of drug-likeness (QED) is 0.570. The van der Waals surface area contributed by atoms with Gasteiger partial charge in [-0.3, -0.25) is 14.4 Å². The topological polar surface area (TPSA) is 99.7 Å². The third kappa shape index (κ3) is 5.27. The van der Waals surface area contributed by atoms with Crippen LogP contribution in [-0.2, 0) is 9.59 Å². The number of hydrogen-bond acceptors (Lipinski definition) is 4. The lowest BCUT2D eigenvalue weighted by atomic mass is 10.1. The van der Waals surface area contributed by atoms with Crippen LogP contribution in [0.15, 0.2) is 47.6 Å². The van der Waals surface area contributed by atoms with Crippen LogP contribution >= 0.6 is 0 Å². The first-order valence-corrected chi connectivity index (χ1v) is 7.95. The van der Waals surface area contributed by atoms with E-state index in [9.17, 15) is 14.4 Å². The molecule has 0 atom stereocenters. The zero-order chi connectivity index (χ0) is 19.1. The molecule has 26 heavy (non-hydrogen) atoms. The number of hydrogen-bond donors (Lipinski definition) is 3. The van der Waals surface area contributed by atoms with Crippen molar-refractivity contribution in [1.29, 1.82) is 0 Å². The average molecular weight is 352 g/mol. The van der Waals surface area contributed by atoms with Gasteiger partial charge in [-0.25, -0.2) is 5.43 Å². The summed E-state index contributed by atoms with van der Waals surface area (Å²) in [6.07, 6.45) is 1.46. The van der Waals surface area contributed by atoms with Gasteiger partial charge in [0.25, 0.3) is 5.91 Å². The molecular formula is C19H20N4O3. The predicted molar refractivity (Wildman–Crippen MR) is 101 cm³/mol. The van der Waals surface area contributed by atoms with Crippen molar-refractivity contribution in [3.63, 3.8) is 0 Å². The van der Waals surface area contributed by atoms with Crippen molar-refractivity contribution in [1.82, 2.24) is 5.43 Å². The fourth-order valence-corrected chi connectivity index (χ4v) is 2.29. The largest absolute Gasteiger partial charge is 0.326 e. The Hall–Kier alpha value is -3.48. The second kappa shape index (κ2) is 8.57. The number of aryl methyl sites for hydroxylation is 1. The van der Waals surface area contributed by atoms with Crippen molar-refractivity contribution in [2.45, 2.75) is 20.8 Å². The molecule has 3 amide bonds. The summed E-state index contributed by atoms with van der Waals surface area (Å²) in [7, 11) is 0. The van der Waals surface area contributed by atoms with Gasteiger partial charge in [-0.1, -0.05) is 23.8 Å². The SMILES string of the molecule is CC(=O)Nc1ccc(C)cc1/C=N/NC(=O)c1ccccc1NC(C)=O. The highest BCUT2D eigenvalue weighted by Gasteiger charge is 2.11. The van der Waals surface area contributed by atoms with E-state index in [1.54, 1.807) is 30.3 Å². The van der Waals surface area contributed by atoms with Crippen molar-refractivity contribution in [3.8, 4) is 0 Å². The molecule has 7 heteroatoms. The second-order valence-electron chi connectivity index (χ2n) is 5.70. The molecule has 0 aliphatic rings. The Morgan fingerprint density at radius 3 is 2.27 bits per heavy atom. The molecule has 0 bridgehead atoms. The summed E-state index contributed by atoms with van der Waals surface area (Å²) in [5.41, 5.74) is 5.38. The maximum absolute atomic E-state index is 12.3. The summed E-state index contributed by atoms with van der Waals surface area (Å²) in [6, 6.07) is 12.1. The highest BCUT2D eigenvalue weighted by Crippen LogP contribution is 2.16. The van der Waals surface area contributed by atoms with Crippen molar-refractivity contribution >= 4 is 35.3 Å². The van der Waals surface area contributed by atoms with Crippen LogP contribution in [0.3, 0.4) is 0 Å².